The second kappa shape index (κ2) is 9.15. The number of hydrogen-bond acceptors (Lipinski definition) is 4. The zero-order valence-electron chi connectivity index (χ0n) is 10.3. The second-order valence-electron chi connectivity index (χ2n) is 3.49. The fourth-order valence-corrected chi connectivity index (χ4v) is 1.26. The predicted molar refractivity (Wildman–Crippen MR) is 62.0 cm³/mol. The third-order valence-electron chi connectivity index (χ3n) is 2.21. The Morgan fingerprint density at radius 2 is 1.75 bits per heavy atom. The second-order valence-corrected chi connectivity index (χ2v) is 3.49. The Morgan fingerprint density at radius 3 is 2.25 bits per heavy atom. The molecule has 16 heavy (non-hydrogen) atoms. The van der Waals surface area contributed by atoms with E-state index < -0.39 is 0 Å². The van der Waals surface area contributed by atoms with Crippen molar-refractivity contribution < 1.29 is 14.3 Å². The van der Waals surface area contributed by atoms with Crippen molar-refractivity contribution in [2.24, 2.45) is 0 Å². The van der Waals surface area contributed by atoms with E-state index in [1.54, 1.807) is 6.92 Å². The van der Waals surface area contributed by atoms with Crippen molar-refractivity contribution in [1.82, 2.24) is 10.6 Å². The minimum Gasteiger partial charge on any atom is -0.465 e. The minimum atomic E-state index is -0.335. The summed E-state index contributed by atoms with van der Waals surface area (Å²) in [7, 11) is 0. The van der Waals surface area contributed by atoms with Crippen LogP contribution in [0.3, 0.4) is 0 Å². The molecule has 0 aromatic carbocycles. The smallest absolute Gasteiger partial charge is 0.319 e. The molecule has 0 fully saturated rings. The summed E-state index contributed by atoms with van der Waals surface area (Å²) in [5.74, 6) is -0.421. The number of rotatable bonds is 8. The molecule has 0 rings (SSSR count). The highest BCUT2D eigenvalue weighted by Crippen LogP contribution is 1.94. The van der Waals surface area contributed by atoms with Gasteiger partial charge in [-0.25, -0.2) is 0 Å². The van der Waals surface area contributed by atoms with Crippen LogP contribution in [-0.4, -0.2) is 37.6 Å². The standard InChI is InChI=1S/C11H22N2O3/c1-4-9(5-2)13-10(14)7-12-8-11(15)16-6-3/h9,12H,4-8H2,1-3H3,(H,13,14). The van der Waals surface area contributed by atoms with Crippen LogP contribution in [0, 0.1) is 0 Å². The summed E-state index contributed by atoms with van der Waals surface area (Å²) in [6, 6.07) is 0.219. The molecule has 5 heteroatoms. The van der Waals surface area contributed by atoms with E-state index in [9.17, 15) is 9.59 Å². The summed E-state index contributed by atoms with van der Waals surface area (Å²) in [6.07, 6.45) is 1.83. The Balaban J connectivity index is 3.61. The van der Waals surface area contributed by atoms with Gasteiger partial charge in [0.05, 0.1) is 19.7 Å². The van der Waals surface area contributed by atoms with Gasteiger partial charge in [-0.3, -0.25) is 14.9 Å². The summed E-state index contributed by atoms with van der Waals surface area (Å²) in [5, 5.41) is 5.61. The van der Waals surface area contributed by atoms with Gasteiger partial charge in [-0.1, -0.05) is 13.8 Å². The summed E-state index contributed by atoms with van der Waals surface area (Å²) in [5.41, 5.74) is 0. The number of hydrogen-bond donors (Lipinski definition) is 2. The Labute approximate surface area is 96.9 Å². The van der Waals surface area contributed by atoms with Crippen molar-refractivity contribution >= 4 is 11.9 Å². The summed E-state index contributed by atoms with van der Waals surface area (Å²) >= 11 is 0. The van der Waals surface area contributed by atoms with Gasteiger partial charge in [0.15, 0.2) is 0 Å². The van der Waals surface area contributed by atoms with Crippen LogP contribution in [0.25, 0.3) is 0 Å². The molecule has 0 spiro atoms. The van der Waals surface area contributed by atoms with Gasteiger partial charge in [-0.05, 0) is 19.8 Å². The van der Waals surface area contributed by atoms with Crippen molar-refractivity contribution in [2.45, 2.75) is 39.7 Å². The third-order valence-corrected chi connectivity index (χ3v) is 2.21. The van der Waals surface area contributed by atoms with E-state index in [-0.39, 0.29) is 31.0 Å². The Morgan fingerprint density at radius 1 is 1.12 bits per heavy atom. The lowest BCUT2D eigenvalue weighted by molar-refractivity contribution is -0.142. The van der Waals surface area contributed by atoms with E-state index in [0.717, 1.165) is 12.8 Å². The molecule has 5 nitrogen and oxygen atoms in total. The molecule has 94 valence electrons. The number of ether oxygens (including phenoxy) is 1. The van der Waals surface area contributed by atoms with Crippen molar-refractivity contribution in [2.75, 3.05) is 19.7 Å². The first-order valence-corrected chi connectivity index (χ1v) is 5.79. The van der Waals surface area contributed by atoms with E-state index in [1.807, 2.05) is 13.8 Å². The molecule has 0 aliphatic carbocycles. The van der Waals surface area contributed by atoms with Gasteiger partial charge in [0.1, 0.15) is 0 Å². The fraction of sp³-hybridized carbons (Fsp3) is 0.818. The molecular formula is C11H22N2O3. The van der Waals surface area contributed by atoms with Gasteiger partial charge in [-0.2, -0.15) is 0 Å². The molecule has 1 amide bonds. The molecule has 0 aliphatic rings. The van der Waals surface area contributed by atoms with E-state index in [1.165, 1.54) is 0 Å². The molecule has 0 heterocycles. The molecule has 0 saturated carbocycles. The predicted octanol–water partition coefficient (Wildman–Crippen LogP) is 0.444. The number of amides is 1. The monoisotopic (exact) mass is 230 g/mol. The maximum absolute atomic E-state index is 11.4. The average molecular weight is 230 g/mol. The average Bonchev–Trinajstić information content (AvgIpc) is 2.26. The third kappa shape index (κ3) is 7.23. The first kappa shape index (κ1) is 14.9. The fourth-order valence-electron chi connectivity index (χ4n) is 1.26. The number of esters is 1. The lowest BCUT2D eigenvalue weighted by atomic mass is 10.2. The zero-order valence-corrected chi connectivity index (χ0v) is 10.3. The minimum absolute atomic E-state index is 0.0736. The number of nitrogens with one attached hydrogen (secondary N) is 2. The van der Waals surface area contributed by atoms with Gasteiger partial charge < -0.3 is 10.1 Å². The van der Waals surface area contributed by atoms with Crippen LogP contribution in [0.2, 0.25) is 0 Å². The quantitative estimate of drug-likeness (QED) is 0.594. The van der Waals surface area contributed by atoms with E-state index in [0.29, 0.717) is 6.61 Å². The Hall–Kier alpha value is -1.10. The van der Waals surface area contributed by atoms with Gasteiger partial charge in [0.2, 0.25) is 5.91 Å². The van der Waals surface area contributed by atoms with Crippen LogP contribution in [0.15, 0.2) is 0 Å². The van der Waals surface area contributed by atoms with Crippen LogP contribution in [0.4, 0.5) is 0 Å². The van der Waals surface area contributed by atoms with Gasteiger partial charge in [0, 0.05) is 6.04 Å². The molecule has 0 bridgehead atoms. The SMILES string of the molecule is CCOC(=O)CNCC(=O)NC(CC)CC. The van der Waals surface area contributed by atoms with Crippen molar-refractivity contribution in [3.8, 4) is 0 Å². The largest absolute Gasteiger partial charge is 0.465 e. The van der Waals surface area contributed by atoms with Gasteiger partial charge >= 0.3 is 5.97 Å². The molecular weight excluding hydrogens is 208 g/mol. The molecule has 0 unspecified atom stereocenters. The van der Waals surface area contributed by atoms with Crippen molar-refractivity contribution in [3.63, 3.8) is 0 Å². The van der Waals surface area contributed by atoms with Crippen LogP contribution >= 0.6 is 0 Å². The summed E-state index contributed by atoms with van der Waals surface area (Å²) in [6.45, 7) is 6.39. The normalized spacial score (nSPS) is 10.2. The van der Waals surface area contributed by atoms with E-state index in [2.05, 4.69) is 10.6 Å². The number of carbonyl (C=O) groups is 2. The summed E-state index contributed by atoms with van der Waals surface area (Å²) in [4.78, 5) is 22.3. The van der Waals surface area contributed by atoms with Crippen molar-refractivity contribution in [3.05, 3.63) is 0 Å². The highest BCUT2D eigenvalue weighted by atomic mass is 16.5. The molecule has 0 aromatic rings. The molecule has 0 radical (unpaired) electrons. The molecule has 0 saturated heterocycles. The molecule has 0 aromatic heterocycles. The first-order valence-electron chi connectivity index (χ1n) is 5.79. The maximum Gasteiger partial charge on any atom is 0.319 e. The topological polar surface area (TPSA) is 67.4 Å². The van der Waals surface area contributed by atoms with E-state index in [4.69, 9.17) is 4.74 Å². The van der Waals surface area contributed by atoms with Crippen LogP contribution in [-0.2, 0) is 14.3 Å². The van der Waals surface area contributed by atoms with Gasteiger partial charge in [0.25, 0.3) is 0 Å². The van der Waals surface area contributed by atoms with Crippen molar-refractivity contribution in [1.29, 1.82) is 0 Å². The Bertz CT molecular complexity index is 215. The molecule has 2 N–H and O–H groups in total. The molecule has 0 aliphatic heterocycles. The first-order chi connectivity index (χ1) is 7.63. The lowest BCUT2D eigenvalue weighted by Gasteiger charge is -2.14. The number of carbonyl (C=O) groups excluding carboxylic acids is 2. The van der Waals surface area contributed by atoms with Crippen LogP contribution in [0.5, 0.6) is 0 Å². The lowest BCUT2D eigenvalue weighted by Crippen LogP contribution is -2.41. The summed E-state index contributed by atoms with van der Waals surface area (Å²) < 4.78 is 4.71. The highest BCUT2D eigenvalue weighted by Gasteiger charge is 2.08. The maximum atomic E-state index is 11.4. The Kier molecular flexibility index (Phi) is 8.52. The van der Waals surface area contributed by atoms with E-state index >= 15 is 0 Å². The van der Waals surface area contributed by atoms with Crippen LogP contribution < -0.4 is 10.6 Å². The van der Waals surface area contributed by atoms with Gasteiger partial charge in [-0.15, -0.1) is 0 Å². The highest BCUT2D eigenvalue weighted by molar-refractivity contribution is 5.79. The zero-order chi connectivity index (χ0) is 12.4. The molecule has 0 atom stereocenters. The van der Waals surface area contributed by atoms with Crippen LogP contribution in [0.1, 0.15) is 33.6 Å².